The Kier molecular flexibility index (Phi) is 10.9. The molecule has 9 heteroatoms. The van der Waals surface area contributed by atoms with E-state index in [0.29, 0.717) is 39.8 Å². The van der Waals surface area contributed by atoms with Crippen molar-refractivity contribution in [3.05, 3.63) is 98.3 Å². The van der Waals surface area contributed by atoms with Gasteiger partial charge in [0.25, 0.3) is 5.91 Å². The van der Waals surface area contributed by atoms with Crippen molar-refractivity contribution in [3.8, 4) is 0 Å². The molecule has 39 heavy (non-hydrogen) atoms. The van der Waals surface area contributed by atoms with Crippen LogP contribution in [0.5, 0.6) is 0 Å². The fraction of sp³-hybridized carbons (Fsp3) is 0.333. The van der Waals surface area contributed by atoms with Crippen molar-refractivity contribution in [3.63, 3.8) is 0 Å². The molecule has 6 nitrogen and oxygen atoms in total. The second-order valence-corrected chi connectivity index (χ2v) is 10.6. The molecule has 0 aliphatic carbocycles. The average Bonchev–Trinajstić information content (AvgIpc) is 2.89. The molecular weight excluding hydrogens is 538 g/mol. The third-order valence-electron chi connectivity index (χ3n) is 6.52. The van der Waals surface area contributed by atoms with Crippen molar-refractivity contribution in [1.82, 2.24) is 5.32 Å². The lowest BCUT2D eigenvalue weighted by atomic mass is 9.94. The first-order valence-corrected chi connectivity index (χ1v) is 13.7. The van der Waals surface area contributed by atoms with Crippen LogP contribution in [-0.4, -0.2) is 18.4 Å². The predicted molar refractivity (Wildman–Crippen MR) is 157 cm³/mol. The van der Waals surface area contributed by atoms with Gasteiger partial charge in [-0.05, 0) is 90.0 Å². The van der Waals surface area contributed by atoms with E-state index in [4.69, 9.17) is 34.7 Å². The SMILES string of the molecule is CCCc1ccc(NC(=O)C(CCN)c2ccc(Cl)c(Cl)c2)cc1C(N)NC(=O)c1cc(F)cc(C(C)C)c1. The Morgan fingerprint density at radius 3 is 2.36 bits per heavy atom. The fourth-order valence-electron chi connectivity index (χ4n) is 4.41. The van der Waals surface area contributed by atoms with Crippen LogP contribution in [-0.2, 0) is 11.2 Å². The summed E-state index contributed by atoms with van der Waals surface area (Å²) in [5.41, 5.74) is 16.0. The Labute approximate surface area is 239 Å². The zero-order valence-corrected chi connectivity index (χ0v) is 23.9. The molecule has 3 aromatic carbocycles. The number of halogens is 3. The predicted octanol–water partition coefficient (Wildman–Crippen LogP) is 6.67. The molecule has 3 rings (SSSR count). The Bertz CT molecular complexity index is 1330. The smallest absolute Gasteiger partial charge is 0.252 e. The number of carbonyl (C=O) groups excluding carboxylic acids is 2. The van der Waals surface area contributed by atoms with Crippen LogP contribution in [0.15, 0.2) is 54.6 Å². The van der Waals surface area contributed by atoms with Gasteiger partial charge in [-0.25, -0.2) is 4.39 Å². The molecule has 0 aliphatic rings. The first kappa shape index (κ1) is 30.6. The van der Waals surface area contributed by atoms with Gasteiger partial charge in [-0.1, -0.05) is 62.5 Å². The van der Waals surface area contributed by atoms with E-state index < -0.39 is 23.8 Å². The topological polar surface area (TPSA) is 110 Å². The van der Waals surface area contributed by atoms with Gasteiger partial charge in [0.05, 0.1) is 16.0 Å². The molecule has 0 saturated carbocycles. The van der Waals surface area contributed by atoms with Gasteiger partial charge in [-0.2, -0.15) is 0 Å². The minimum Gasteiger partial charge on any atom is -0.333 e. The van der Waals surface area contributed by atoms with E-state index in [1.54, 1.807) is 36.4 Å². The van der Waals surface area contributed by atoms with E-state index >= 15 is 0 Å². The third kappa shape index (κ3) is 8.02. The molecule has 0 heterocycles. The van der Waals surface area contributed by atoms with Crippen LogP contribution in [0.3, 0.4) is 0 Å². The van der Waals surface area contributed by atoms with E-state index in [1.807, 2.05) is 26.8 Å². The zero-order chi connectivity index (χ0) is 28.7. The summed E-state index contributed by atoms with van der Waals surface area (Å²) < 4.78 is 14.2. The quantitative estimate of drug-likeness (QED) is 0.192. The van der Waals surface area contributed by atoms with E-state index in [1.165, 1.54) is 12.1 Å². The molecule has 2 amide bonds. The Balaban J connectivity index is 1.85. The van der Waals surface area contributed by atoms with E-state index in [2.05, 4.69) is 10.6 Å². The first-order chi connectivity index (χ1) is 18.5. The minimum absolute atomic E-state index is 0.0596. The maximum Gasteiger partial charge on any atom is 0.252 e. The lowest BCUT2D eigenvalue weighted by Gasteiger charge is -2.21. The molecule has 2 unspecified atom stereocenters. The number of carbonyl (C=O) groups is 2. The number of rotatable bonds is 11. The van der Waals surface area contributed by atoms with Gasteiger partial charge in [0.15, 0.2) is 0 Å². The van der Waals surface area contributed by atoms with Crippen LogP contribution in [0.1, 0.15) is 84.2 Å². The van der Waals surface area contributed by atoms with Crippen LogP contribution in [0.2, 0.25) is 10.0 Å². The fourth-order valence-corrected chi connectivity index (χ4v) is 4.72. The van der Waals surface area contributed by atoms with E-state index in [0.717, 1.165) is 24.0 Å². The van der Waals surface area contributed by atoms with Gasteiger partial charge in [0.1, 0.15) is 12.0 Å². The molecule has 0 aliphatic heterocycles. The number of nitrogens with two attached hydrogens (primary N) is 2. The lowest BCUT2D eigenvalue weighted by Crippen LogP contribution is -2.35. The van der Waals surface area contributed by atoms with E-state index in [-0.39, 0.29) is 17.4 Å². The van der Waals surface area contributed by atoms with E-state index in [9.17, 15) is 14.0 Å². The molecule has 6 N–H and O–H groups in total. The second kappa shape index (κ2) is 13.9. The molecule has 2 atom stereocenters. The molecule has 0 bridgehead atoms. The summed E-state index contributed by atoms with van der Waals surface area (Å²) in [6, 6.07) is 14.8. The highest BCUT2D eigenvalue weighted by Crippen LogP contribution is 2.30. The number of anilines is 1. The maximum atomic E-state index is 14.2. The second-order valence-electron chi connectivity index (χ2n) is 9.84. The van der Waals surface area contributed by atoms with Crippen LogP contribution >= 0.6 is 23.2 Å². The summed E-state index contributed by atoms with van der Waals surface area (Å²) in [6.07, 6.45) is 1.11. The Morgan fingerprint density at radius 1 is 0.974 bits per heavy atom. The molecule has 3 aromatic rings. The van der Waals surface area contributed by atoms with Crippen molar-refractivity contribution < 1.29 is 14.0 Å². The van der Waals surface area contributed by atoms with Gasteiger partial charge in [0, 0.05) is 11.3 Å². The number of benzene rings is 3. The van der Waals surface area contributed by atoms with Crippen molar-refractivity contribution in [2.75, 3.05) is 11.9 Å². The summed E-state index contributed by atoms with van der Waals surface area (Å²) >= 11 is 12.2. The number of amides is 2. The summed E-state index contributed by atoms with van der Waals surface area (Å²) in [5.74, 6) is -1.70. The molecule has 0 spiro atoms. The molecule has 0 aromatic heterocycles. The largest absolute Gasteiger partial charge is 0.333 e. The van der Waals surface area contributed by atoms with Gasteiger partial charge >= 0.3 is 0 Å². The number of hydrogen-bond donors (Lipinski definition) is 4. The van der Waals surface area contributed by atoms with Gasteiger partial charge in [-0.15, -0.1) is 0 Å². The molecule has 0 radical (unpaired) electrons. The summed E-state index contributed by atoms with van der Waals surface area (Å²) in [4.78, 5) is 26.3. The lowest BCUT2D eigenvalue weighted by molar-refractivity contribution is -0.117. The average molecular weight is 574 g/mol. The highest BCUT2D eigenvalue weighted by atomic mass is 35.5. The number of aryl methyl sites for hydroxylation is 1. The highest BCUT2D eigenvalue weighted by Gasteiger charge is 2.22. The van der Waals surface area contributed by atoms with Crippen molar-refractivity contribution in [2.45, 2.75) is 58.0 Å². The molecule has 0 saturated heterocycles. The summed E-state index contributed by atoms with van der Waals surface area (Å²) in [5, 5.41) is 6.49. The van der Waals surface area contributed by atoms with Crippen molar-refractivity contribution in [2.24, 2.45) is 11.5 Å². The first-order valence-electron chi connectivity index (χ1n) is 13.0. The number of nitrogens with one attached hydrogen (secondary N) is 2. The van der Waals surface area contributed by atoms with Gasteiger partial charge in [0.2, 0.25) is 5.91 Å². The maximum absolute atomic E-state index is 14.2. The molecule has 0 fully saturated rings. The normalized spacial score (nSPS) is 12.7. The Morgan fingerprint density at radius 2 is 1.72 bits per heavy atom. The molecule has 208 valence electrons. The Hall–Kier alpha value is -2.97. The monoisotopic (exact) mass is 572 g/mol. The van der Waals surface area contributed by atoms with Gasteiger partial charge in [-0.3, -0.25) is 9.59 Å². The van der Waals surface area contributed by atoms with Crippen molar-refractivity contribution >= 4 is 40.7 Å². The third-order valence-corrected chi connectivity index (χ3v) is 7.26. The minimum atomic E-state index is -0.878. The zero-order valence-electron chi connectivity index (χ0n) is 22.4. The van der Waals surface area contributed by atoms with Crippen LogP contribution in [0.4, 0.5) is 10.1 Å². The van der Waals surface area contributed by atoms with Crippen molar-refractivity contribution in [1.29, 1.82) is 0 Å². The van der Waals surface area contributed by atoms with Crippen LogP contribution in [0.25, 0.3) is 0 Å². The standard InChI is InChI=1S/C30H35Cl2FN4O2/c1-4-5-18-6-8-23(36-30(39)24(10-11-34)19-7-9-26(31)27(32)15-19)16-25(18)28(35)37-29(38)21-12-20(17(2)3)13-22(33)14-21/h6-9,12-17,24,28H,4-5,10-11,34-35H2,1-3H3,(H,36,39)(H,37,38). The van der Waals surface area contributed by atoms with Crippen LogP contribution < -0.4 is 22.1 Å². The summed E-state index contributed by atoms with van der Waals surface area (Å²) in [6.45, 7) is 6.20. The van der Waals surface area contributed by atoms with Gasteiger partial charge < -0.3 is 22.1 Å². The number of hydrogen-bond acceptors (Lipinski definition) is 4. The van der Waals surface area contributed by atoms with Crippen LogP contribution in [0, 0.1) is 5.82 Å². The highest BCUT2D eigenvalue weighted by molar-refractivity contribution is 6.42. The summed E-state index contributed by atoms with van der Waals surface area (Å²) in [7, 11) is 0. The molecular formula is C30H35Cl2FN4O2.